The largest absolute Gasteiger partial charge is 0.423 e. The fraction of sp³-hybridized carbons (Fsp3) is 0.0556. The van der Waals surface area contributed by atoms with Crippen LogP contribution in [0.3, 0.4) is 0 Å². The highest BCUT2D eigenvalue weighted by Crippen LogP contribution is 2.24. The van der Waals surface area contributed by atoms with Gasteiger partial charge in [-0.05, 0) is 36.4 Å². The average Bonchev–Trinajstić information content (AvgIpc) is 3.25. The number of carbonyl (C=O) groups excluding carboxylic acids is 1. The molecule has 6 heteroatoms. The lowest BCUT2D eigenvalue weighted by Gasteiger charge is -2.07. The molecule has 2 aromatic carbocycles. The van der Waals surface area contributed by atoms with Crippen molar-refractivity contribution in [2.24, 2.45) is 7.05 Å². The van der Waals surface area contributed by atoms with Crippen molar-refractivity contribution in [3.05, 3.63) is 66.7 Å². The second kappa shape index (κ2) is 5.66. The molecule has 4 aromatic rings. The quantitative estimate of drug-likeness (QED) is 0.427. The van der Waals surface area contributed by atoms with Gasteiger partial charge in [0.25, 0.3) is 0 Å². The first kappa shape index (κ1) is 14.2. The van der Waals surface area contributed by atoms with Crippen molar-refractivity contribution < 1.29 is 13.9 Å². The van der Waals surface area contributed by atoms with Gasteiger partial charge in [-0.2, -0.15) is 0 Å². The van der Waals surface area contributed by atoms with Crippen LogP contribution in [0.1, 0.15) is 10.4 Å². The van der Waals surface area contributed by atoms with Gasteiger partial charge in [-0.3, -0.25) is 0 Å². The molecular formula is C18H13N3O3. The van der Waals surface area contributed by atoms with Crippen molar-refractivity contribution in [2.75, 3.05) is 0 Å². The van der Waals surface area contributed by atoms with E-state index in [1.165, 1.54) is 6.39 Å². The number of benzene rings is 2. The average molecular weight is 319 g/mol. The number of ether oxygens (including phenoxy) is 1. The van der Waals surface area contributed by atoms with Gasteiger partial charge in [-0.25, -0.2) is 4.79 Å². The van der Waals surface area contributed by atoms with Crippen LogP contribution in [-0.2, 0) is 7.05 Å². The van der Waals surface area contributed by atoms with E-state index in [2.05, 4.69) is 10.2 Å². The van der Waals surface area contributed by atoms with Crippen molar-refractivity contribution in [3.8, 4) is 17.2 Å². The van der Waals surface area contributed by atoms with Gasteiger partial charge >= 0.3 is 5.97 Å². The Balaban J connectivity index is 1.65. The third-order valence-electron chi connectivity index (χ3n) is 3.80. The highest BCUT2D eigenvalue weighted by Gasteiger charge is 2.14. The molecule has 6 nitrogen and oxygen atoms in total. The van der Waals surface area contributed by atoms with Gasteiger partial charge in [0.15, 0.2) is 0 Å². The number of rotatable bonds is 3. The molecule has 0 aliphatic heterocycles. The summed E-state index contributed by atoms with van der Waals surface area (Å²) in [6.07, 6.45) is 3.17. The van der Waals surface area contributed by atoms with Crippen LogP contribution in [-0.4, -0.2) is 20.7 Å². The first-order valence-electron chi connectivity index (χ1n) is 7.35. The van der Waals surface area contributed by atoms with Crippen molar-refractivity contribution in [1.29, 1.82) is 0 Å². The van der Waals surface area contributed by atoms with E-state index in [4.69, 9.17) is 9.15 Å². The summed E-state index contributed by atoms with van der Waals surface area (Å²) < 4.78 is 12.6. The number of hydrogen-bond donors (Lipinski definition) is 0. The number of esters is 1. The minimum Gasteiger partial charge on any atom is -0.423 e. The molecule has 0 spiro atoms. The predicted molar refractivity (Wildman–Crippen MR) is 87.6 cm³/mol. The molecule has 0 fully saturated rings. The van der Waals surface area contributed by atoms with Gasteiger partial charge in [-0.1, -0.05) is 12.1 Å². The van der Waals surface area contributed by atoms with Crippen LogP contribution in [0.2, 0.25) is 0 Å². The van der Waals surface area contributed by atoms with Gasteiger partial charge in [0.1, 0.15) is 5.75 Å². The van der Waals surface area contributed by atoms with Crippen molar-refractivity contribution in [2.45, 2.75) is 0 Å². The molecular weight excluding hydrogens is 306 g/mol. The Kier molecular flexibility index (Phi) is 3.35. The Bertz CT molecular complexity index is 1020. The van der Waals surface area contributed by atoms with E-state index in [0.29, 0.717) is 22.8 Å². The van der Waals surface area contributed by atoms with Crippen LogP contribution in [0.5, 0.6) is 5.75 Å². The van der Waals surface area contributed by atoms with Crippen molar-refractivity contribution in [3.63, 3.8) is 0 Å². The van der Waals surface area contributed by atoms with E-state index in [1.807, 2.05) is 42.1 Å². The fourth-order valence-corrected chi connectivity index (χ4v) is 2.63. The van der Waals surface area contributed by atoms with Crippen molar-refractivity contribution in [1.82, 2.24) is 14.8 Å². The molecule has 0 atom stereocenters. The SMILES string of the molecule is Cn1ccc2c(C(=O)Oc3cccc(-c4nnco4)c3)cccc21. The summed E-state index contributed by atoms with van der Waals surface area (Å²) in [5, 5.41) is 8.35. The van der Waals surface area contributed by atoms with Gasteiger partial charge in [-0.15, -0.1) is 10.2 Å². The fourth-order valence-electron chi connectivity index (χ4n) is 2.63. The summed E-state index contributed by atoms with van der Waals surface area (Å²) in [6.45, 7) is 0. The Morgan fingerprint density at radius 3 is 2.88 bits per heavy atom. The summed E-state index contributed by atoms with van der Waals surface area (Å²) in [6, 6.07) is 14.4. The Hall–Kier alpha value is -3.41. The van der Waals surface area contributed by atoms with E-state index >= 15 is 0 Å². The second-order valence-electron chi connectivity index (χ2n) is 5.33. The summed E-state index contributed by atoms with van der Waals surface area (Å²) >= 11 is 0. The lowest BCUT2D eigenvalue weighted by atomic mass is 10.1. The second-order valence-corrected chi connectivity index (χ2v) is 5.33. The van der Waals surface area contributed by atoms with Gasteiger partial charge in [0.05, 0.1) is 5.56 Å². The van der Waals surface area contributed by atoms with Gasteiger partial charge in [0.2, 0.25) is 12.3 Å². The standard InChI is InChI=1S/C18H13N3O3/c1-21-9-8-14-15(6-3-7-16(14)21)18(22)24-13-5-2-4-12(10-13)17-20-19-11-23-17/h2-11H,1H3. The predicted octanol–water partition coefficient (Wildman–Crippen LogP) is 3.45. The smallest absolute Gasteiger partial charge is 0.344 e. The number of nitrogens with zero attached hydrogens (tertiary/aromatic N) is 3. The minimum atomic E-state index is -0.408. The highest BCUT2D eigenvalue weighted by molar-refractivity contribution is 6.04. The molecule has 0 aliphatic rings. The zero-order chi connectivity index (χ0) is 16.5. The number of aryl methyl sites for hydroxylation is 1. The van der Waals surface area contributed by atoms with Crippen LogP contribution in [0.15, 0.2) is 65.5 Å². The highest BCUT2D eigenvalue weighted by atomic mass is 16.5. The van der Waals surface area contributed by atoms with Crippen LogP contribution in [0.25, 0.3) is 22.4 Å². The first-order valence-corrected chi connectivity index (χ1v) is 7.35. The van der Waals surface area contributed by atoms with Crippen LogP contribution in [0.4, 0.5) is 0 Å². The summed E-state index contributed by atoms with van der Waals surface area (Å²) in [5.74, 6) is 0.385. The molecule has 0 unspecified atom stereocenters. The molecule has 24 heavy (non-hydrogen) atoms. The molecule has 0 aliphatic carbocycles. The van der Waals surface area contributed by atoms with Crippen LogP contribution >= 0.6 is 0 Å². The normalized spacial score (nSPS) is 10.9. The minimum absolute atomic E-state index is 0.373. The van der Waals surface area contributed by atoms with E-state index in [0.717, 1.165) is 10.9 Å². The molecule has 0 amide bonds. The monoisotopic (exact) mass is 319 g/mol. The van der Waals surface area contributed by atoms with E-state index in [1.54, 1.807) is 24.3 Å². The number of aromatic nitrogens is 3. The third-order valence-corrected chi connectivity index (χ3v) is 3.80. The number of carbonyl (C=O) groups is 1. The van der Waals surface area contributed by atoms with Gasteiger partial charge in [0, 0.05) is 29.7 Å². The number of fused-ring (bicyclic) bond motifs is 1. The zero-order valence-corrected chi connectivity index (χ0v) is 12.8. The molecule has 2 aromatic heterocycles. The molecule has 118 valence electrons. The van der Waals surface area contributed by atoms with Crippen molar-refractivity contribution >= 4 is 16.9 Å². The van der Waals surface area contributed by atoms with Crippen LogP contribution in [0, 0.1) is 0 Å². The maximum absolute atomic E-state index is 12.6. The Labute approximate surface area is 137 Å². The zero-order valence-electron chi connectivity index (χ0n) is 12.8. The summed E-state index contributed by atoms with van der Waals surface area (Å²) in [5.41, 5.74) is 2.19. The molecule has 0 N–H and O–H groups in total. The maximum Gasteiger partial charge on any atom is 0.344 e. The first-order chi connectivity index (χ1) is 11.7. The number of hydrogen-bond acceptors (Lipinski definition) is 5. The summed E-state index contributed by atoms with van der Waals surface area (Å²) in [7, 11) is 1.94. The topological polar surface area (TPSA) is 70.2 Å². The Morgan fingerprint density at radius 2 is 2.04 bits per heavy atom. The molecule has 0 saturated heterocycles. The van der Waals surface area contributed by atoms with E-state index in [-0.39, 0.29) is 0 Å². The van der Waals surface area contributed by atoms with E-state index < -0.39 is 5.97 Å². The third kappa shape index (κ3) is 2.44. The lowest BCUT2D eigenvalue weighted by Crippen LogP contribution is -2.09. The lowest BCUT2D eigenvalue weighted by molar-refractivity contribution is 0.0737. The van der Waals surface area contributed by atoms with E-state index in [9.17, 15) is 4.79 Å². The molecule has 2 heterocycles. The molecule has 0 bridgehead atoms. The molecule has 0 radical (unpaired) electrons. The Morgan fingerprint density at radius 1 is 1.17 bits per heavy atom. The summed E-state index contributed by atoms with van der Waals surface area (Å²) in [4.78, 5) is 12.6. The molecule has 0 saturated carbocycles. The van der Waals surface area contributed by atoms with Gasteiger partial charge < -0.3 is 13.7 Å². The van der Waals surface area contributed by atoms with Crippen LogP contribution < -0.4 is 4.74 Å². The maximum atomic E-state index is 12.6. The molecule has 4 rings (SSSR count).